The average molecular weight is 334 g/mol. The second-order valence-corrected chi connectivity index (χ2v) is 4.36. The Morgan fingerprint density at radius 2 is 2.00 bits per heavy atom. The van der Waals surface area contributed by atoms with Crippen LogP contribution in [0.25, 0.3) is 11.5 Å². The van der Waals surface area contributed by atoms with Gasteiger partial charge in [-0.1, -0.05) is 34.2 Å². The molecule has 1 aromatic carbocycles. The fourth-order valence-electron chi connectivity index (χ4n) is 1.27. The van der Waals surface area contributed by atoms with Gasteiger partial charge in [0.15, 0.2) is 0 Å². The van der Waals surface area contributed by atoms with Crippen molar-refractivity contribution in [1.29, 1.82) is 0 Å². The minimum Gasteiger partial charge on any atom is -0.441 e. The van der Waals surface area contributed by atoms with E-state index in [0.717, 1.165) is 26.5 Å². The summed E-state index contributed by atoms with van der Waals surface area (Å²) < 4.78 is 6.43. The number of benzene rings is 1. The van der Waals surface area contributed by atoms with Gasteiger partial charge in [0.25, 0.3) is 0 Å². The second kappa shape index (κ2) is 4.53. The Morgan fingerprint density at radius 1 is 1.33 bits per heavy atom. The lowest BCUT2D eigenvalue weighted by Gasteiger charge is -1.94. The van der Waals surface area contributed by atoms with Crippen LogP contribution in [-0.2, 0) is 4.43 Å². The molecule has 2 nitrogen and oxygen atoms in total. The standard InChI is InChI=1S/C11H9ClINO/c1-7-10(6-13)14-11(15-7)8-2-4-9(12)5-3-8/h2-5H,6H2,1H3. The van der Waals surface area contributed by atoms with Crippen molar-refractivity contribution < 1.29 is 4.42 Å². The van der Waals surface area contributed by atoms with E-state index in [9.17, 15) is 0 Å². The van der Waals surface area contributed by atoms with E-state index < -0.39 is 0 Å². The Balaban J connectivity index is 2.41. The monoisotopic (exact) mass is 333 g/mol. The molecule has 15 heavy (non-hydrogen) atoms. The van der Waals surface area contributed by atoms with Crippen LogP contribution in [0.1, 0.15) is 11.5 Å². The molecule has 2 aromatic rings. The fraction of sp³-hybridized carbons (Fsp3) is 0.182. The van der Waals surface area contributed by atoms with Crippen LogP contribution in [0.3, 0.4) is 0 Å². The molecule has 1 heterocycles. The van der Waals surface area contributed by atoms with Gasteiger partial charge in [-0.15, -0.1) is 0 Å². The number of nitrogens with zero attached hydrogens (tertiary/aromatic N) is 1. The van der Waals surface area contributed by atoms with Crippen LogP contribution in [0.4, 0.5) is 0 Å². The molecular formula is C11H9ClINO. The largest absolute Gasteiger partial charge is 0.441 e. The van der Waals surface area contributed by atoms with Gasteiger partial charge in [0.1, 0.15) is 5.76 Å². The van der Waals surface area contributed by atoms with Crippen molar-refractivity contribution in [2.24, 2.45) is 0 Å². The highest BCUT2D eigenvalue weighted by atomic mass is 127. The van der Waals surface area contributed by atoms with E-state index in [1.807, 2.05) is 31.2 Å². The third kappa shape index (κ3) is 2.34. The highest BCUT2D eigenvalue weighted by molar-refractivity contribution is 14.1. The Bertz CT molecular complexity index is 464. The zero-order valence-electron chi connectivity index (χ0n) is 8.13. The summed E-state index contributed by atoms with van der Waals surface area (Å²) in [6.07, 6.45) is 0. The van der Waals surface area contributed by atoms with Gasteiger partial charge in [0.2, 0.25) is 5.89 Å². The number of aryl methyl sites for hydroxylation is 1. The van der Waals surface area contributed by atoms with E-state index in [1.165, 1.54) is 0 Å². The van der Waals surface area contributed by atoms with Crippen LogP contribution in [0, 0.1) is 6.92 Å². The van der Waals surface area contributed by atoms with E-state index in [2.05, 4.69) is 27.6 Å². The molecular weight excluding hydrogens is 324 g/mol. The van der Waals surface area contributed by atoms with E-state index in [4.69, 9.17) is 16.0 Å². The molecule has 0 spiro atoms. The quantitative estimate of drug-likeness (QED) is 0.607. The van der Waals surface area contributed by atoms with Crippen LogP contribution in [0.5, 0.6) is 0 Å². The van der Waals surface area contributed by atoms with Crippen molar-refractivity contribution in [3.05, 3.63) is 40.7 Å². The van der Waals surface area contributed by atoms with Gasteiger partial charge in [-0.05, 0) is 31.2 Å². The van der Waals surface area contributed by atoms with Crippen molar-refractivity contribution in [2.75, 3.05) is 0 Å². The lowest BCUT2D eigenvalue weighted by molar-refractivity contribution is 0.540. The SMILES string of the molecule is Cc1oc(-c2ccc(Cl)cc2)nc1CI. The zero-order chi connectivity index (χ0) is 10.8. The maximum atomic E-state index is 5.81. The molecule has 0 aliphatic heterocycles. The number of hydrogen-bond acceptors (Lipinski definition) is 2. The fourth-order valence-corrected chi connectivity index (χ4v) is 2.10. The molecule has 0 aliphatic rings. The molecule has 1 aromatic heterocycles. The molecule has 0 bridgehead atoms. The van der Waals surface area contributed by atoms with Crippen LogP contribution in [0.15, 0.2) is 28.7 Å². The summed E-state index contributed by atoms with van der Waals surface area (Å²) in [6.45, 7) is 1.93. The van der Waals surface area contributed by atoms with Crippen LogP contribution in [0.2, 0.25) is 5.02 Å². The van der Waals surface area contributed by atoms with Gasteiger partial charge in [-0.3, -0.25) is 0 Å². The molecule has 0 saturated heterocycles. The Labute approximate surface area is 107 Å². The molecule has 4 heteroatoms. The topological polar surface area (TPSA) is 26.0 Å². The van der Waals surface area contributed by atoms with Crippen molar-refractivity contribution in [3.8, 4) is 11.5 Å². The van der Waals surface area contributed by atoms with Crippen molar-refractivity contribution in [1.82, 2.24) is 4.98 Å². The third-order valence-electron chi connectivity index (χ3n) is 2.11. The van der Waals surface area contributed by atoms with E-state index in [-0.39, 0.29) is 0 Å². The first-order valence-electron chi connectivity index (χ1n) is 4.49. The lowest BCUT2D eigenvalue weighted by atomic mass is 10.2. The third-order valence-corrected chi connectivity index (χ3v) is 3.08. The van der Waals surface area contributed by atoms with Gasteiger partial charge >= 0.3 is 0 Å². The van der Waals surface area contributed by atoms with Crippen LogP contribution in [-0.4, -0.2) is 4.98 Å². The summed E-state index contributed by atoms with van der Waals surface area (Å²) >= 11 is 8.08. The molecule has 0 radical (unpaired) electrons. The normalized spacial score (nSPS) is 10.6. The highest BCUT2D eigenvalue weighted by Gasteiger charge is 2.09. The first kappa shape index (κ1) is 11.0. The number of halogens is 2. The van der Waals surface area contributed by atoms with Crippen LogP contribution < -0.4 is 0 Å². The smallest absolute Gasteiger partial charge is 0.226 e. The molecule has 2 rings (SSSR count). The number of rotatable bonds is 2. The summed E-state index contributed by atoms with van der Waals surface area (Å²) in [7, 11) is 0. The Hall–Kier alpha value is -0.550. The average Bonchev–Trinajstić information content (AvgIpc) is 2.61. The maximum Gasteiger partial charge on any atom is 0.226 e. The minimum absolute atomic E-state index is 0.663. The van der Waals surface area contributed by atoms with Gasteiger partial charge < -0.3 is 4.42 Å². The Kier molecular flexibility index (Phi) is 3.31. The van der Waals surface area contributed by atoms with Crippen molar-refractivity contribution in [3.63, 3.8) is 0 Å². The van der Waals surface area contributed by atoms with Gasteiger partial charge in [0, 0.05) is 15.0 Å². The maximum absolute atomic E-state index is 5.81. The molecule has 0 aliphatic carbocycles. The summed E-state index contributed by atoms with van der Waals surface area (Å²) in [6, 6.07) is 7.48. The van der Waals surface area contributed by atoms with E-state index >= 15 is 0 Å². The molecule has 0 saturated carbocycles. The zero-order valence-corrected chi connectivity index (χ0v) is 11.0. The predicted molar refractivity (Wildman–Crippen MR) is 69.4 cm³/mol. The van der Waals surface area contributed by atoms with Gasteiger partial charge in [-0.25, -0.2) is 4.98 Å². The molecule has 0 N–H and O–H groups in total. The molecule has 0 amide bonds. The molecule has 0 fully saturated rings. The van der Waals surface area contributed by atoms with Gasteiger partial charge in [-0.2, -0.15) is 0 Å². The van der Waals surface area contributed by atoms with Crippen molar-refractivity contribution >= 4 is 34.2 Å². The molecule has 0 unspecified atom stereocenters. The summed E-state index contributed by atoms with van der Waals surface area (Å²) in [5.41, 5.74) is 1.96. The number of oxazole rings is 1. The number of aromatic nitrogens is 1. The lowest BCUT2D eigenvalue weighted by Crippen LogP contribution is -1.80. The first-order chi connectivity index (χ1) is 7.20. The molecule has 78 valence electrons. The first-order valence-corrected chi connectivity index (χ1v) is 6.39. The van der Waals surface area contributed by atoms with E-state index in [1.54, 1.807) is 0 Å². The summed E-state index contributed by atoms with van der Waals surface area (Å²) in [4.78, 5) is 4.41. The number of alkyl halides is 1. The Morgan fingerprint density at radius 3 is 2.53 bits per heavy atom. The van der Waals surface area contributed by atoms with E-state index in [0.29, 0.717) is 5.89 Å². The van der Waals surface area contributed by atoms with Gasteiger partial charge in [0.05, 0.1) is 5.69 Å². The highest BCUT2D eigenvalue weighted by Crippen LogP contribution is 2.24. The predicted octanol–water partition coefficient (Wildman–Crippen LogP) is 4.24. The van der Waals surface area contributed by atoms with Crippen LogP contribution >= 0.6 is 34.2 Å². The summed E-state index contributed by atoms with van der Waals surface area (Å²) in [5, 5.41) is 0.719. The molecule has 0 atom stereocenters. The second-order valence-electron chi connectivity index (χ2n) is 3.16. The van der Waals surface area contributed by atoms with Crippen molar-refractivity contribution in [2.45, 2.75) is 11.4 Å². The number of hydrogen-bond donors (Lipinski definition) is 0. The summed E-state index contributed by atoms with van der Waals surface area (Å²) in [5.74, 6) is 1.55. The minimum atomic E-state index is 0.663.